The smallest absolute Gasteiger partial charge is 0.124 e. The van der Waals surface area contributed by atoms with Crippen LogP contribution in [0.3, 0.4) is 0 Å². The van der Waals surface area contributed by atoms with Crippen LogP contribution in [-0.2, 0) is 0 Å². The molecule has 12 heavy (non-hydrogen) atoms. The van der Waals surface area contributed by atoms with Gasteiger partial charge in [0, 0.05) is 17.5 Å². The van der Waals surface area contributed by atoms with Gasteiger partial charge in [-0.15, -0.1) is 0 Å². The lowest BCUT2D eigenvalue weighted by Gasteiger charge is -2.28. The molecule has 0 radical (unpaired) electrons. The summed E-state index contributed by atoms with van der Waals surface area (Å²) in [6, 6.07) is 8.12. The molecule has 0 bridgehead atoms. The first-order valence-electron chi connectivity index (χ1n) is 4.26. The van der Waals surface area contributed by atoms with Crippen LogP contribution in [0.5, 0.6) is 5.75 Å². The number of ether oxygens (including phenoxy) is 1. The van der Waals surface area contributed by atoms with Gasteiger partial charge in [0.2, 0.25) is 0 Å². The van der Waals surface area contributed by atoms with Crippen LogP contribution in [-0.4, -0.2) is 6.61 Å². The van der Waals surface area contributed by atoms with Crippen molar-refractivity contribution in [3.63, 3.8) is 0 Å². The van der Waals surface area contributed by atoms with Crippen molar-refractivity contribution in [3.05, 3.63) is 29.8 Å². The molecule has 1 aliphatic heterocycles. The van der Waals surface area contributed by atoms with Crippen LogP contribution in [0, 0.1) is 5.92 Å². The Labute approximate surface area is 72.3 Å². The molecule has 2 rings (SSSR count). The summed E-state index contributed by atoms with van der Waals surface area (Å²) in [5.41, 5.74) is 7.15. The van der Waals surface area contributed by atoms with Crippen molar-refractivity contribution in [3.8, 4) is 5.75 Å². The minimum atomic E-state index is 0.134. The highest BCUT2D eigenvalue weighted by Gasteiger charge is 2.23. The lowest BCUT2D eigenvalue weighted by molar-refractivity contribution is 0.207. The molecular formula is C10H13NO. The van der Waals surface area contributed by atoms with Crippen molar-refractivity contribution in [2.75, 3.05) is 6.61 Å². The Bertz CT molecular complexity index is 285. The van der Waals surface area contributed by atoms with E-state index in [1.165, 1.54) is 0 Å². The van der Waals surface area contributed by atoms with Gasteiger partial charge in [-0.1, -0.05) is 25.1 Å². The molecule has 2 heteroatoms. The summed E-state index contributed by atoms with van der Waals surface area (Å²) in [5, 5.41) is 0. The second-order valence-electron chi connectivity index (χ2n) is 3.35. The Hall–Kier alpha value is -1.02. The molecule has 0 aliphatic carbocycles. The maximum atomic E-state index is 6.01. The van der Waals surface area contributed by atoms with Crippen LogP contribution in [0.4, 0.5) is 0 Å². The van der Waals surface area contributed by atoms with Crippen LogP contribution in [0.2, 0.25) is 0 Å². The summed E-state index contributed by atoms with van der Waals surface area (Å²) in [6.45, 7) is 2.85. The molecule has 0 saturated heterocycles. The summed E-state index contributed by atoms with van der Waals surface area (Å²) >= 11 is 0. The first-order chi connectivity index (χ1) is 5.79. The van der Waals surface area contributed by atoms with Gasteiger partial charge in [-0.25, -0.2) is 0 Å². The number of nitrogens with two attached hydrogens (primary N) is 1. The highest BCUT2D eigenvalue weighted by atomic mass is 16.5. The monoisotopic (exact) mass is 163 g/mol. The van der Waals surface area contributed by atoms with Crippen molar-refractivity contribution >= 4 is 0 Å². The van der Waals surface area contributed by atoms with Crippen LogP contribution >= 0.6 is 0 Å². The van der Waals surface area contributed by atoms with Crippen LogP contribution in [0.15, 0.2) is 24.3 Å². The Kier molecular flexibility index (Phi) is 1.77. The standard InChI is InChI=1S/C10H13NO/c1-7-6-12-9-5-3-2-4-8(9)10(7)11/h2-5,7,10H,6,11H2,1H3/t7?,10-/m0/s1. The summed E-state index contributed by atoms with van der Waals surface area (Å²) in [4.78, 5) is 0. The number of rotatable bonds is 0. The van der Waals surface area contributed by atoms with E-state index in [1.807, 2.05) is 24.3 Å². The lowest BCUT2D eigenvalue weighted by atomic mass is 9.93. The Morgan fingerprint density at radius 2 is 2.17 bits per heavy atom. The fourth-order valence-corrected chi connectivity index (χ4v) is 1.52. The summed E-state index contributed by atoms with van der Waals surface area (Å²) in [7, 11) is 0. The van der Waals surface area contributed by atoms with Crippen molar-refractivity contribution in [2.45, 2.75) is 13.0 Å². The Morgan fingerprint density at radius 1 is 1.42 bits per heavy atom. The first-order valence-corrected chi connectivity index (χ1v) is 4.26. The van der Waals surface area contributed by atoms with Gasteiger partial charge in [-0.3, -0.25) is 0 Å². The third kappa shape index (κ3) is 1.08. The minimum Gasteiger partial charge on any atom is -0.493 e. The second kappa shape index (κ2) is 2.79. The largest absolute Gasteiger partial charge is 0.493 e. The average Bonchev–Trinajstić information content (AvgIpc) is 2.12. The number of fused-ring (bicyclic) bond motifs is 1. The highest BCUT2D eigenvalue weighted by molar-refractivity contribution is 5.37. The zero-order valence-electron chi connectivity index (χ0n) is 7.16. The molecule has 2 nitrogen and oxygen atoms in total. The molecule has 2 N–H and O–H groups in total. The average molecular weight is 163 g/mol. The zero-order valence-corrected chi connectivity index (χ0v) is 7.16. The predicted octanol–water partition coefficient (Wildman–Crippen LogP) is 1.71. The van der Waals surface area contributed by atoms with E-state index in [-0.39, 0.29) is 6.04 Å². The molecule has 2 atom stereocenters. The molecule has 0 saturated carbocycles. The number of hydrogen-bond acceptors (Lipinski definition) is 2. The topological polar surface area (TPSA) is 35.2 Å². The van der Waals surface area contributed by atoms with Crippen LogP contribution in [0.25, 0.3) is 0 Å². The fraction of sp³-hybridized carbons (Fsp3) is 0.400. The summed E-state index contributed by atoms with van der Waals surface area (Å²) in [5.74, 6) is 1.36. The molecule has 1 aliphatic rings. The number of benzene rings is 1. The molecule has 1 aromatic carbocycles. The maximum absolute atomic E-state index is 6.01. The van der Waals surface area contributed by atoms with Gasteiger partial charge >= 0.3 is 0 Å². The molecule has 1 aromatic rings. The molecule has 1 unspecified atom stereocenters. The molecule has 0 amide bonds. The Morgan fingerprint density at radius 3 is 3.00 bits per heavy atom. The third-order valence-electron chi connectivity index (χ3n) is 2.39. The van der Waals surface area contributed by atoms with Crippen molar-refractivity contribution in [1.29, 1.82) is 0 Å². The van der Waals surface area contributed by atoms with Crippen molar-refractivity contribution in [2.24, 2.45) is 11.7 Å². The normalized spacial score (nSPS) is 27.5. The summed E-state index contributed by atoms with van der Waals surface area (Å²) < 4.78 is 5.53. The first kappa shape index (κ1) is 7.62. The fourth-order valence-electron chi connectivity index (χ4n) is 1.52. The summed E-state index contributed by atoms with van der Waals surface area (Å²) in [6.07, 6.45) is 0. The van der Waals surface area contributed by atoms with Gasteiger partial charge in [-0.05, 0) is 6.07 Å². The minimum absolute atomic E-state index is 0.134. The quantitative estimate of drug-likeness (QED) is 0.632. The van der Waals surface area contributed by atoms with E-state index in [1.54, 1.807) is 0 Å². The van der Waals surface area contributed by atoms with Gasteiger partial charge in [0.05, 0.1) is 6.61 Å². The van der Waals surface area contributed by atoms with Crippen molar-refractivity contribution in [1.82, 2.24) is 0 Å². The van der Waals surface area contributed by atoms with E-state index in [0.29, 0.717) is 5.92 Å². The van der Waals surface area contributed by atoms with Gasteiger partial charge in [0.15, 0.2) is 0 Å². The molecular weight excluding hydrogens is 150 g/mol. The zero-order chi connectivity index (χ0) is 8.55. The van der Waals surface area contributed by atoms with Crippen LogP contribution in [0.1, 0.15) is 18.5 Å². The van der Waals surface area contributed by atoms with E-state index in [2.05, 4.69) is 6.92 Å². The van der Waals surface area contributed by atoms with E-state index < -0.39 is 0 Å². The number of hydrogen-bond donors (Lipinski definition) is 1. The molecule has 0 fully saturated rings. The maximum Gasteiger partial charge on any atom is 0.124 e. The van der Waals surface area contributed by atoms with E-state index in [0.717, 1.165) is 17.9 Å². The van der Waals surface area contributed by atoms with Gasteiger partial charge in [0.1, 0.15) is 5.75 Å². The van der Waals surface area contributed by atoms with E-state index >= 15 is 0 Å². The predicted molar refractivity (Wildman–Crippen MR) is 48.0 cm³/mol. The van der Waals surface area contributed by atoms with E-state index in [9.17, 15) is 0 Å². The second-order valence-corrected chi connectivity index (χ2v) is 3.35. The SMILES string of the molecule is CC1COc2ccccc2[C@H]1N. The Balaban J connectivity index is 2.42. The van der Waals surface area contributed by atoms with Gasteiger partial charge in [-0.2, -0.15) is 0 Å². The molecule has 0 aromatic heterocycles. The number of para-hydroxylation sites is 1. The van der Waals surface area contributed by atoms with Gasteiger partial charge in [0.25, 0.3) is 0 Å². The molecule has 1 heterocycles. The lowest BCUT2D eigenvalue weighted by Crippen LogP contribution is -2.29. The molecule has 64 valence electrons. The van der Waals surface area contributed by atoms with E-state index in [4.69, 9.17) is 10.5 Å². The highest BCUT2D eigenvalue weighted by Crippen LogP contribution is 2.32. The molecule has 0 spiro atoms. The van der Waals surface area contributed by atoms with Crippen molar-refractivity contribution < 1.29 is 4.74 Å². The third-order valence-corrected chi connectivity index (χ3v) is 2.39. The van der Waals surface area contributed by atoms with Crippen LogP contribution < -0.4 is 10.5 Å². The van der Waals surface area contributed by atoms with Gasteiger partial charge < -0.3 is 10.5 Å².